The molecule has 0 atom stereocenters. The lowest BCUT2D eigenvalue weighted by atomic mass is 9.87. The van der Waals surface area contributed by atoms with Gasteiger partial charge in [-0.05, 0) is 56.9 Å². The summed E-state index contributed by atoms with van der Waals surface area (Å²) in [6.45, 7) is 14.1. The van der Waals surface area contributed by atoms with E-state index in [1.54, 1.807) is 24.1 Å². The zero-order valence-corrected chi connectivity index (χ0v) is 19.2. The number of benzene rings is 1. The molecule has 0 fully saturated rings. The van der Waals surface area contributed by atoms with Crippen molar-refractivity contribution in [3.8, 4) is 0 Å². The number of carbonyl (C=O) groups excluding carboxylic acids is 2. The van der Waals surface area contributed by atoms with Gasteiger partial charge in [0.05, 0.1) is 5.56 Å². The van der Waals surface area contributed by atoms with Gasteiger partial charge in [-0.15, -0.1) is 0 Å². The van der Waals surface area contributed by atoms with E-state index < -0.39 is 0 Å². The molecule has 0 radical (unpaired) electrons. The van der Waals surface area contributed by atoms with Crippen LogP contribution in [0.2, 0.25) is 0 Å². The Morgan fingerprint density at radius 1 is 0.967 bits per heavy atom. The minimum Gasteiger partial charge on any atom is -0.334 e. The van der Waals surface area contributed by atoms with Crippen molar-refractivity contribution in [1.29, 1.82) is 0 Å². The SMILES string of the molecule is CC(C)N(C(=O)c1cc(NC(=O)c2ccc(C(C)(C)C)cc2)c(=O)n(C)c1)C(C)C. The first-order valence-electron chi connectivity index (χ1n) is 10.3. The van der Waals surface area contributed by atoms with E-state index in [-0.39, 0.29) is 40.6 Å². The average Bonchev–Trinajstić information content (AvgIpc) is 2.63. The maximum atomic E-state index is 13.0. The average molecular weight is 412 g/mol. The summed E-state index contributed by atoms with van der Waals surface area (Å²) < 4.78 is 1.32. The molecule has 30 heavy (non-hydrogen) atoms. The summed E-state index contributed by atoms with van der Waals surface area (Å²) in [5.41, 5.74) is 1.63. The predicted octanol–water partition coefficient (Wildman–Crippen LogP) is 4.19. The standard InChI is InChI=1S/C24H33N3O3/c1-15(2)27(16(3)4)22(29)18-13-20(23(30)26(8)14-18)25-21(28)17-9-11-19(12-10-17)24(5,6)7/h9-16H,1-8H3,(H,25,28). The number of hydrogen-bond donors (Lipinski definition) is 1. The van der Waals surface area contributed by atoms with Gasteiger partial charge in [0.1, 0.15) is 5.69 Å². The van der Waals surface area contributed by atoms with Crippen LogP contribution < -0.4 is 10.9 Å². The third-order valence-electron chi connectivity index (χ3n) is 5.04. The van der Waals surface area contributed by atoms with Crippen LogP contribution in [0.3, 0.4) is 0 Å². The summed E-state index contributed by atoms with van der Waals surface area (Å²) in [5.74, 6) is -0.567. The molecular formula is C24H33N3O3. The third kappa shape index (κ3) is 5.17. The maximum absolute atomic E-state index is 13.0. The number of nitrogens with zero attached hydrogens (tertiary/aromatic N) is 2. The number of rotatable bonds is 5. The van der Waals surface area contributed by atoms with Gasteiger partial charge in [0.25, 0.3) is 17.4 Å². The van der Waals surface area contributed by atoms with Gasteiger partial charge in [-0.1, -0.05) is 32.9 Å². The van der Waals surface area contributed by atoms with Crippen molar-refractivity contribution in [1.82, 2.24) is 9.47 Å². The fourth-order valence-corrected chi connectivity index (χ4v) is 3.45. The van der Waals surface area contributed by atoms with Crippen LogP contribution in [0.25, 0.3) is 0 Å². The summed E-state index contributed by atoms with van der Waals surface area (Å²) in [7, 11) is 1.57. The van der Waals surface area contributed by atoms with E-state index in [4.69, 9.17) is 0 Å². The van der Waals surface area contributed by atoms with Crippen LogP contribution in [-0.2, 0) is 12.5 Å². The van der Waals surface area contributed by atoms with Crippen molar-refractivity contribution in [2.45, 2.75) is 66.0 Å². The van der Waals surface area contributed by atoms with Crippen molar-refractivity contribution in [3.63, 3.8) is 0 Å². The number of aromatic nitrogens is 1. The van der Waals surface area contributed by atoms with Crippen molar-refractivity contribution in [2.75, 3.05) is 5.32 Å². The molecule has 6 nitrogen and oxygen atoms in total. The Bertz CT molecular complexity index is 972. The second kappa shape index (κ2) is 8.86. The Morgan fingerprint density at radius 2 is 1.50 bits per heavy atom. The first-order chi connectivity index (χ1) is 13.8. The molecule has 1 N–H and O–H groups in total. The van der Waals surface area contributed by atoms with Crippen LogP contribution in [0.1, 0.15) is 74.7 Å². The van der Waals surface area contributed by atoms with Crippen LogP contribution in [0.5, 0.6) is 0 Å². The zero-order valence-electron chi connectivity index (χ0n) is 19.2. The van der Waals surface area contributed by atoms with Gasteiger partial charge in [0.15, 0.2) is 0 Å². The first kappa shape index (κ1) is 23.4. The molecule has 1 heterocycles. The number of hydrogen-bond acceptors (Lipinski definition) is 3. The lowest BCUT2D eigenvalue weighted by molar-refractivity contribution is 0.0642. The van der Waals surface area contributed by atoms with Crippen molar-refractivity contribution < 1.29 is 9.59 Å². The van der Waals surface area contributed by atoms with Crippen LogP contribution in [0.4, 0.5) is 5.69 Å². The van der Waals surface area contributed by atoms with E-state index >= 15 is 0 Å². The summed E-state index contributed by atoms with van der Waals surface area (Å²) in [6, 6.07) is 8.79. The Hall–Kier alpha value is -2.89. The van der Waals surface area contributed by atoms with Crippen molar-refractivity contribution >= 4 is 17.5 Å². The molecular weight excluding hydrogens is 378 g/mol. The topological polar surface area (TPSA) is 71.4 Å². The highest BCUT2D eigenvalue weighted by Crippen LogP contribution is 2.22. The summed E-state index contributed by atoms with van der Waals surface area (Å²) >= 11 is 0. The molecule has 162 valence electrons. The largest absolute Gasteiger partial charge is 0.334 e. The van der Waals surface area contributed by atoms with Gasteiger partial charge in [0, 0.05) is 30.9 Å². The summed E-state index contributed by atoms with van der Waals surface area (Å²) in [5, 5.41) is 2.68. The molecule has 2 aromatic rings. The molecule has 0 saturated heterocycles. The van der Waals surface area contributed by atoms with Crippen molar-refractivity contribution in [2.24, 2.45) is 7.05 Å². The summed E-state index contributed by atoms with van der Waals surface area (Å²) in [4.78, 5) is 40.0. The number of carbonyl (C=O) groups is 2. The molecule has 2 amide bonds. The van der Waals surface area contributed by atoms with Gasteiger partial charge in [-0.2, -0.15) is 0 Å². The second-order valence-corrected chi connectivity index (χ2v) is 9.24. The number of aryl methyl sites for hydroxylation is 1. The fourth-order valence-electron chi connectivity index (χ4n) is 3.45. The van der Waals surface area contributed by atoms with E-state index in [0.717, 1.165) is 5.56 Å². The molecule has 0 unspecified atom stereocenters. The van der Waals surface area contributed by atoms with Crippen LogP contribution in [-0.4, -0.2) is 33.4 Å². The highest BCUT2D eigenvalue weighted by molar-refractivity contribution is 6.05. The number of pyridine rings is 1. The number of nitrogens with one attached hydrogen (secondary N) is 1. The number of amides is 2. The van der Waals surface area contributed by atoms with Crippen LogP contribution in [0.15, 0.2) is 41.3 Å². The van der Waals surface area contributed by atoms with Gasteiger partial charge in [0.2, 0.25) is 0 Å². The molecule has 0 spiro atoms. The molecule has 6 heteroatoms. The van der Waals surface area contributed by atoms with Gasteiger partial charge >= 0.3 is 0 Å². The fraction of sp³-hybridized carbons (Fsp3) is 0.458. The lowest BCUT2D eigenvalue weighted by Gasteiger charge is -2.31. The zero-order chi connectivity index (χ0) is 22.8. The quantitative estimate of drug-likeness (QED) is 0.802. The highest BCUT2D eigenvalue weighted by Gasteiger charge is 2.23. The van der Waals surface area contributed by atoms with E-state index in [1.165, 1.54) is 16.8 Å². The van der Waals surface area contributed by atoms with Crippen molar-refractivity contribution in [3.05, 3.63) is 63.6 Å². The Kier molecular flexibility index (Phi) is 6.91. The van der Waals surface area contributed by atoms with E-state index in [0.29, 0.717) is 11.1 Å². The molecule has 2 rings (SSSR count). The van der Waals surface area contributed by atoms with Crippen LogP contribution in [0, 0.1) is 0 Å². The highest BCUT2D eigenvalue weighted by atomic mass is 16.2. The second-order valence-electron chi connectivity index (χ2n) is 9.24. The monoisotopic (exact) mass is 411 g/mol. The molecule has 0 saturated carbocycles. The molecule has 0 aliphatic heterocycles. The normalized spacial score (nSPS) is 11.7. The van der Waals surface area contributed by atoms with Gasteiger partial charge in [-0.3, -0.25) is 14.4 Å². The van der Waals surface area contributed by atoms with E-state index in [9.17, 15) is 14.4 Å². The number of anilines is 1. The molecule has 0 bridgehead atoms. The molecule has 1 aromatic carbocycles. The van der Waals surface area contributed by atoms with Gasteiger partial charge in [-0.25, -0.2) is 0 Å². The molecule has 0 aliphatic carbocycles. The predicted molar refractivity (Wildman–Crippen MR) is 121 cm³/mol. The Balaban J connectivity index is 2.35. The maximum Gasteiger partial charge on any atom is 0.274 e. The third-order valence-corrected chi connectivity index (χ3v) is 5.04. The van der Waals surface area contributed by atoms with Gasteiger partial charge < -0.3 is 14.8 Å². The smallest absolute Gasteiger partial charge is 0.274 e. The Labute approximate surface area is 178 Å². The van der Waals surface area contributed by atoms with Crippen LogP contribution >= 0.6 is 0 Å². The van der Waals surface area contributed by atoms with E-state index in [1.807, 2.05) is 39.8 Å². The minimum atomic E-state index is -0.387. The molecule has 0 aliphatic rings. The lowest BCUT2D eigenvalue weighted by Crippen LogP contribution is -2.42. The summed E-state index contributed by atoms with van der Waals surface area (Å²) in [6.07, 6.45) is 1.51. The van der Waals surface area contributed by atoms with E-state index in [2.05, 4.69) is 26.1 Å². The Morgan fingerprint density at radius 3 is 1.97 bits per heavy atom. The molecule has 1 aromatic heterocycles. The minimum absolute atomic E-state index is 0.00843. The first-order valence-corrected chi connectivity index (χ1v) is 10.3.